The molecule has 0 radical (unpaired) electrons. The molecule has 0 heterocycles. The standard InChI is InChI=1S/C21H25F3NO3PS/c22-18-8-4-7-16(12-18)6-2-1-3-11-30-21-14-19(23)17(13-20(21)24)15-25-9-5-10-28-29(26)27/h4,7-8,12-14,25H,1-3,5-6,9-11,15H2/p+1. The molecule has 0 spiro atoms. The van der Waals surface area contributed by atoms with Crippen molar-refractivity contribution in [3.8, 4) is 0 Å². The van der Waals surface area contributed by atoms with Crippen molar-refractivity contribution >= 4 is 20.0 Å². The maximum atomic E-state index is 14.3. The highest BCUT2D eigenvalue weighted by Crippen LogP contribution is 2.26. The lowest BCUT2D eigenvalue weighted by atomic mass is 10.1. The lowest BCUT2D eigenvalue weighted by molar-refractivity contribution is 0.276. The van der Waals surface area contributed by atoms with Crippen LogP contribution in [0, 0.1) is 17.5 Å². The Morgan fingerprint density at radius 3 is 2.63 bits per heavy atom. The van der Waals surface area contributed by atoms with Crippen molar-refractivity contribution in [2.24, 2.45) is 0 Å². The number of unbranched alkanes of at least 4 members (excludes halogenated alkanes) is 2. The molecule has 2 N–H and O–H groups in total. The number of benzene rings is 2. The molecule has 0 saturated carbocycles. The highest BCUT2D eigenvalue weighted by Gasteiger charge is 2.12. The van der Waals surface area contributed by atoms with E-state index in [1.807, 2.05) is 6.07 Å². The van der Waals surface area contributed by atoms with Crippen LogP contribution in [-0.2, 0) is 22.1 Å². The fourth-order valence-corrected chi connectivity index (χ4v) is 4.10. The molecule has 1 unspecified atom stereocenters. The number of rotatable bonds is 14. The quantitative estimate of drug-likeness (QED) is 0.213. The zero-order valence-electron chi connectivity index (χ0n) is 16.6. The first-order valence-corrected chi connectivity index (χ1v) is 11.9. The van der Waals surface area contributed by atoms with Gasteiger partial charge in [-0.05, 0) is 67.8 Å². The van der Waals surface area contributed by atoms with Gasteiger partial charge in [-0.15, -0.1) is 21.2 Å². The van der Waals surface area contributed by atoms with E-state index in [0.717, 1.165) is 31.2 Å². The summed E-state index contributed by atoms with van der Waals surface area (Å²) in [6.07, 6.45) is 4.01. The van der Waals surface area contributed by atoms with Crippen LogP contribution in [0.25, 0.3) is 0 Å². The number of halogens is 3. The molecule has 0 fully saturated rings. The topological polar surface area (TPSA) is 58.6 Å². The van der Waals surface area contributed by atoms with Crippen molar-refractivity contribution in [1.82, 2.24) is 5.32 Å². The summed E-state index contributed by atoms with van der Waals surface area (Å²) in [6, 6.07) is 8.99. The van der Waals surface area contributed by atoms with Crippen LogP contribution in [0.15, 0.2) is 41.3 Å². The van der Waals surface area contributed by atoms with Crippen molar-refractivity contribution < 1.29 is 27.2 Å². The second-order valence-corrected chi connectivity index (χ2v) is 8.64. The third-order valence-electron chi connectivity index (χ3n) is 4.37. The van der Waals surface area contributed by atoms with Crippen LogP contribution in [0.2, 0.25) is 0 Å². The van der Waals surface area contributed by atoms with E-state index in [2.05, 4.69) is 9.84 Å². The fraction of sp³-hybridized carbons (Fsp3) is 0.429. The van der Waals surface area contributed by atoms with E-state index in [0.29, 0.717) is 23.6 Å². The molecule has 2 aromatic carbocycles. The van der Waals surface area contributed by atoms with E-state index in [1.165, 1.54) is 36.0 Å². The molecule has 1 atom stereocenters. The molecule has 4 nitrogen and oxygen atoms in total. The Labute approximate surface area is 180 Å². The van der Waals surface area contributed by atoms with Gasteiger partial charge in [0.05, 0.1) is 0 Å². The van der Waals surface area contributed by atoms with E-state index in [4.69, 9.17) is 4.89 Å². The summed E-state index contributed by atoms with van der Waals surface area (Å²) in [5, 5.41) is 2.95. The Kier molecular flexibility index (Phi) is 11.4. The summed E-state index contributed by atoms with van der Waals surface area (Å²) in [5.41, 5.74) is 1.21. The molecular weight excluding hydrogens is 434 g/mol. The SMILES string of the molecule is O=[P+](O)OCCCNCc1cc(F)c(SCCCCCc2cccc(F)c2)cc1F. The first-order chi connectivity index (χ1) is 14.5. The van der Waals surface area contributed by atoms with E-state index in [1.54, 1.807) is 6.07 Å². The van der Waals surface area contributed by atoms with Gasteiger partial charge in [-0.3, -0.25) is 0 Å². The van der Waals surface area contributed by atoms with Crippen LogP contribution >= 0.6 is 20.0 Å². The molecule has 2 aromatic rings. The predicted octanol–water partition coefficient (Wildman–Crippen LogP) is 5.76. The van der Waals surface area contributed by atoms with Crippen molar-refractivity contribution in [3.63, 3.8) is 0 Å². The van der Waals surface area contributed by atoms with Gasteiger partial charge in [0.15, 0.2) is 0 Å². The molecule has 9 heteroatoms. The van der Waals surface area contributed by atoms with Crippen LogP contribution in [0.4, 0.5) is 13.2 Å². The molecule has 0 aliphatic carbocycles. The molecule has 0 bridgehead atoms. The lowest BCUT2D eigenvalue weighted by Crippen LogP contribution is -2.17. The van der Waals surface area contributed by atoms with Gasteiger partial charge in [0.25, 0.3) is 0 Å². The summed E-state index contributed by atoms with van der Waals surface area (Å²) in [4.78, 5) is 8.79. The summed E-state index contributed by atoms with van der Waals surface area (Å²) in [7, 11) is -2.60. The average molecular weight is 460 g/mol. The minimum Gasteiger partial charge on any atom is -0.312 e. The van der Waals surface area contributed by atoms with Gasteiger partial charge in [0.2, 0.25) is 0 Å². The molecule has 2 rings (SSSR count). The fourth-order valence-electron chi connectivity index (χ4n) is 2.86. The maximum absolute atomic E-state index is 14.3. The molecule has 0 saturated heterocycles. The number of thioether (sulfide) groups is 1. The molecule has 0 amide bonds. The monoisotopic (exact) mass is 460 g/mol. The van der Waals surface area contributed by atoms with Gasteiger partial charge < -0.3 is 5.32 Å². The number of aryl methyl sites for hydroxylation is 1. The van der Waals surface area contributed by atoms with Gasteiger partial charge in [-0.1, -0.05) is 18.6 Å². The molecule has 164 valence electrons. The van der Waals surface area contributed by atoms with Gasteiger partial charge >= 0.3 is 8.25 Å². The van der Waals surface area contributed by atoms with E-state index >= 15 is 0 Å². The smallest absolute Gasteiger partial charge is 0.312 e. The van der Waals surface area contributed by atoms with Crippen molar-refractivity contribution in [3.05, 3.63) is 65.0 Å². The van der Waals surface area contributed by atoms with E-state index < -0.39 is 19.9 Å². The Balaban J connectivity index is 1.66. The predicted molar refractivity (Wildman–Crippen MR) is 113 cm³/mol. The second kappa shape index (κ2) is 13.8. The van der Waals surface area contributed by atoms with E-state index in [-0.39, 0.29) is 24.5 Å². The van der Waals surface area contributed by atoms with E-state index in [9.17, 15) is 17.7 Å². The third-order valence-corrected chi connectivity index (χ3v) is 5.89. The molecule has 0 aliphatic heterocycles. The number of hydrogen-bond donors (Lipinski definition) is 2. The Morgan fingerprint density at radius 2 is 1.87 bits per heavy atom. The minimum absolute atomic E-state index is 0.118. The van der Waals surface area contributed by atoms with Crippen molar-refractivity contribution in [1.29, 1.82) is 0 Å². The first kappa shape index (κ1) is 24.8. The second-order valence-electron chi connectivity index (χ2n) is 6.76. The highest BCUT2D eigenvalue weighted by atomic mass is 32.2. The first-order valence-electron chi connectivity index (χ1n) is 9.80. The van der Waals surface area contributed by atoms with Crippen LogP contribution in [-0.4, -0.2) is 23.8 Å². The van der Waals surface area contributed by atoms with Gasteiger partial charge in [0.1, 0.15) is 24.1 Å². The summed E-state index contributed by atoms with van der Waals surface area (Å²) >= 11 is 1.29. The molecular formula is C21H26F3NO3PS+. The summed E-state index contributed by atoms with van der Waals surface area (Å²) in [5.74, 6) is -0.455. The Morgan fingerprint density at radius 1 is 1.03 bits per heavy atom. The molecule has 0 aliphatic rings. The summed E-state index contributed by atoms with van der Waals surface area (Å²) < 4.78 is 56.5. The molecule has 30 heavy (non-hydrogen) atoms. The van der Waals surface area contributed by atoms with Crippen molar-refractivity contribution in [2.75, 3.05) is 18.9 Å². The van der Waals surface area contributed by atoms with Crippen LogP contribution in [0.5, 0.6) is 0 Å². The number of nitrogens with one attached hydrogen (secondary N) is 1. The van der Waals surface area contributed by atoms with Gasteiger partial charge in [0, 0.05) is 21.6 Å². The van der Waals surface area contributed by atoms with Crippen molar-refractivity contribution in [2.45, 2.75) is 43.5 Å². The van der Waals surface area contributed by atoms with Crippen LogP contribution < -0.4 is 5.32 Å². The normalized spacial score (nSPS) is 11.7. The van der Waals surface area contributed by atoms with Crippen LogP contribution in [0.3, 0.4) is 0 Å². The lowest BCUT2D eigenvalue weighted by Gasteiger charge is -2.09. The van der Waals surface area contributed by atoms with Gasteiger partial charge in [-0.2, -0.15) is 0 Å². The zero-order valence-corrected chi connectivity index (χ0v) is 18.3. The molecule has 0 aromatic heterocycles. The highest BCUT2D eigenvalue weighted by molar-refractivity contribution is 7.99. The Bertz CT molecular complexity index is 826. The van der Waals surface area contributed by atoms with Crippen LogP contribution in [0.1, 0.15) is 36.8 Å². The largest absolute Gasteiger partial charge is 0.694 e. The Hall–Kier alpha value is -1.44. The average Bonchev–Trinajstić information content (AvgIpc) is 2.70. The zero-order chi connectivity index (χ0) is 21.8. The minimum atomic E-state index is -2.60. The summed E-state index contributed by atoms with van der Waals surface area (Å²) in [6.45, 7) is 0.739. The number of hydrogen-bond acceptors (Lipinski definition) is 4. The third kappa shape index (κ3) is 9.58. The van der Waals surface area contributed by atoms with Gasteiger partial charge in [-0.25, -0.2) is 13.2 Å². The maximum Gasteiger partial charge on any atom is 0.694 e.